The molecule has 3 rings (SSSR count). The summed E-state index contributed by atoms with van der Waals surface area (Å²) < 4.78 is 26.6. The van der Waals surface area contributed by atoms with E-state index in [2.05, 4.69) is 22.0 Å². The van der Waals surface area contributed by atoms with Crippen molar-refractivity contribution in [3.05, 3.63) is 54.2 Å². The topological polar surface area (TPSA) is 79.5 Å². The summed E-state index contributed by atoms with van der Waals surface area (Å²) in [6.07, 6.45) is 1.37. The Kier molecular flexibility index (Phi) is 4.61. The Labute approximate surface area is 136 Å². The molecule has 0 spiro atoms. The predicted molar refractivity (Wildman–Crippen MR) is 89.1 cm³/mol. The van der Waals surface area contributed by atoms with E-state index >= 15 is 0 Å². The molecule has 1 saturated heterocycles. The standard InChI is InChI=1S/C16H20N4O2S/c17-15-6-7-16(18-12-15)23(21,22)20-10-8-19(9-11-20)13-14-4-2-1-3-5-14/h1-7,12H,8-11,13,17H2. The van der Waals surface area contributed by atoms with Crippen LogP contribution < -0.4 is 5.73 Å². The molecule has 0 bridgehead atoms. The SMILES string of the molecule is Nc1ccc(S(=O)(=O)N2CCN(Cc3ccccc3)CC2)nc1. The molecule has 0 amide bonds. The first-order chi connectivity index (χ1) is 11.1. The van der Waals surface area contributed by atoms with Gasteiger partial charge in [-0.2, -0.15) is 4.31 Å². The molecule has 23 heavy (non-hydrogen) atoms. The third kappa shape index (κ3) is 3.69. The van der Waals surface area contributed by atoms with E-state index in [1.165, 1.54) is 22.1 Å². The van der Waals surface area contributed by atoms with Gasteiger partial charge in [0.2, 0.25) is 0 Å². The van der Waals surface area contributed by atoms with Crippen molar-refractivity contribution in [2.24, 2.45) is 0 Å². The van der Waals surface area contributed by atoms with Gasteiger partial charge in [0.05, 0.1) is 11.9 Å². The lowest BCUT2D eigenvalue weighted by atomic mass is 10.2. The number of nitrogen functional groups attached to an aromatic ring is 1. The highest BCUT2D eigenvalue weighted by Gasteiger charge is 2.29. The first kappa shape index (κ1) is 15.9. The van der Waals surface area contributed by atoms with E-state index in [-0.39, 0.29) is 5.03 Å². The lowest BCUT2D eigenvalue weighted by Crippen LogP contribution is -2.48. The van der Waals surface area contributed by atoms with E-state index in [0.717, 1.165) is 6.54 Å². The van der Waals surface area contributed by atoms with E-state index in [0.29, 0.717) is 31.9 Å². The number of pyridine rings is 1. The summed E-state index contributed by atoms with van der Waals surface area (Å²) in [5, 5.41) is 0.0585. The number of benzene rings is 1. The smallest absolute Gasteiger partial charge is 0.260 e. The predicted octanol–water partition coefficient (Wildman–Crippen LogP) is 1.17. The average molecular weight is 332 g/mol. The number of rotatable bonds is 4. The molecule has 122 valence electrons. The van der Waals surface area contributed by atoms with Gasteiger partial charge in [0.15, 0.2) is 5.03 Å². The van der Waals surface area contributed by atoms with Gasteiger partial charge in [0, 0.05) is 32.7 Å². The van der Waals surface area contributed by atoms with Gasteiger partial charge in [-0.05, 0) is 17.7 Å². The van der Waals surface area contributed by atoms with Gasteiger partial charge in [0.1, 0.15) is 0 Å². The highest BCUT2D eigenvalue weighted by atomic mass is 32.2. The van der Waals surface area contributed by atoms with Crippen molar-refractivity contribution in [3.63, 3.8) is 0 Å². The molecule has 1 aliphatic heterocycles. The Morgan fingerprint density at radius 2 is 1.70 bits per heavy atom. The molecule has 1 aromatic heterocycles. The van der Waals surface area contributed by atoms with Crippen LogP contribution in [-0.2, 0) is 16.6 Å². The molecule has 0 atom stereocenters. The van der Waals surface area contributed by atoms with Crippen molar-refractivity contribution in [3.8, 4) is 0 Å². The first-order valence-corrected chi connectivity index (χ1v) is 8.98. The minimum absolute atomic E-state index is 0.0585. The number of nitrogens with zero attached hydrogens (tertiary/aromatic N) is 3. The second kappa shape index (κ2) is 6.66. The van der Waals surface area contributed by atoms with Gasteiger partial charge >= 0.3 is 0 Å². The third-order valence-corrected chi connectivity index (χ3v) is 5.76. The molecule has 2 heterocycles. The van der Waals surface area contributed by atoms with Crippen LogP contribution >= 0.6 is 0 Å². The summed E-state index contributed by atoms with van der Waals surface area (Å²) >= 11 is 0. The molecular weight excluding hydrogens is 312 g/mol. The monoisotopic (exact) mass is 332 g/mol. The number of hydrogen-bond donors (Lipinski definition) is 1. The molecular formula is C16H20N4O2S. The molecule has 1 fully saturated rings. The maximum absolute atomic E-state index is 12.6. The van der Waals surface area contributed by atoms with Crippen LogP contribution in [-0.4, -0.2) is 48.8 Å². The van der Waals surface area contributed by atoms with Crippen molar-refractivity contribution in [1.29, 1.82) is 0 Å². The first-order valence-electron chi connectivity index (χ1n) is 7.54. The molecule has 1 aliphatic rings. The van der Waals surface area contributed by atoms with Crippen molar-refractivity contribution in [2.75, 3.05) is 31.9 Å². The minimum atomic E-state index is -3.54. The van der Waals surface area contributed by atoms with E-state index in [1.54, 1.807) is 6.07 Å². The number of hydrogen-bond acceptors (Lipinski definition) is 5. The van der Waals surface area contributed by atoms with Gasteiger partial charge < -0.3 is 5.73 Å². The van der Waals surface area contributed by atoms with Crippen LogP contribution in [0.2, 0.25) is 0 Å². The molecule has 0 unspecified atom stereocenters. The number of piperazine rings is 1. The third-order valence-electron chi connectivity index (χ3n) is 3.94. The van der Waals surface area contributed by atoms with Crippen molar-refractivity contribution in [1.82, 2.24) is 14.2 Å². The summed E-state index contributed by atoms with van der Waals surface area (Å²) in [5.41, 5.74) is 7.26. The molecule has 0 saturated carbocycles. The van der Waals surface area contributed by atoms with Crippen molar-refractivity contribution >= 4 is 15.7 Å². The molecule has 0 aliphatic carbocycles. The largest absolute Gasteiger partial charge is 0.397 e. The van der Waals surface area contributed by atoms with E-state index in [1.807, 2.05) is 18.2 Å². The maximum atomic E-state index is 12.6. The molecule has 6 nitrogen and oxygen atoms in total. The fourth-order valence-electron chi connectivity index (χ4n) is 2.65. The van der Waals surface area contributed by atoms with Gasteiger partial charge in [-0.15, -0.1) is 0 Å². The quantitative estimate of drug-likeness (QED) is 0.909. The van der Waals surface area contributed by atoms with E-state index in [9.17, 15) is 8.42 Å². The second-order valence-corrected chi connectivity index (χ2v) is 7.48. The van der Waals surface area contributed by atoms with Gasteiger partial charge in [-0.25, -0.2) is 13.4 Å². The lowest BCUT2D eigenvalue weighted by Gasteiger charge is -2.33. The van der Waals surface area contributed by atoms with E-state index in [4.69, 9.17) is 5.73 Å². The van der Waals surface area contributed by atoms with Crippen molar-refractivity contribution in [2.45, 2.75) is 11.6 Å². The van der Waals surface area contributed by atoms with Gasteiger partial charge in [-0.3, -0.25) is 4.90 Å². The fourth-order valence-corrected chi connectivity index (χ4v) is 3.98. The zero-order valence-corrected chi connectivity index (χ0v) is 13.6. The van der Waals surface area contributed by atoms with Crippen LogP contribution in [0.5, 0.6) is 0 Å². The Bertz CT molecular complexity index is 739. The number of anilines is 1. The summed E-state index contributed by atoms with van der Waals surface area (Å²) in [6.45, 7) is 3.21. The summed E-state index contributed by atoms with van der Waals surface area (Å²) in [5.74, 6) is 0. The normalized spacial score (nSPS) is 17.2. The Balaban J connectivity index is 1.63. The number of sulfonamides is 1. The molecule has 0 radical (unpaired) electrons. The highest BCUT2D eigenvalue weighted by Crippen LogP contribution is 2.17. The number of aromatic nitrogens is 1. The van der Waals surface area contributed by atoms with Crippen LogP contribution in [0.1, 0.15) is 5.56 Å². The molecule has 1 aromatic carbocycles. The van der Waals surface area contributed by atoms with Gasteiger partial charge in [-0.1, -0.05) is 30.3 Å². The molecule has 7 heteroatoms. The maximum Gasteiger partial charge on any atom is 0.260 e. The Morgan fingerprint density at radius 3 is 2.30 bits per heavy atom. The van der Waals surface area contributed by atoms with Crippen molar-refractivity contribution < 1.29 is 8.42 Å². The molecule has 2 N–H and O–H groups in total. The molecule has 2 aromatic rings. The van der Waals surface area contributed by atoms with Gasteiger partial charge in [0.25, 0.3) is 10.0 Å². The zero-order valence-electron chi connectivity index (χ0n) is 12.8. The Morgan fingerprint density at radius 1 is 1.00 bits per heavy atom. The minimum Gasteiger partial charge on any atom is -0.397 e. The van der Waals surface area contributed by atoms with Crippen LogP contribution in [0.4, 0.5) is 5.69 Å². The van der Waals surface area contributed by atoms with Crippen LogP contribution in [0, 0.1) is 0 Å². The zero-order chi connectivity index (χ0) is 16.3. The van der Waals surface area contributed by atoms with E-state index < -0.39 is 10.0 Å². The fraction of sp³-hybridized carbons (Fsp3) is 0.312. The summed E-state index contributed by atoms with van der Waals surface area (Å²) in [6, 6.07) is 13.2. The van der Waals surface area contributed by atoms with Crippen LogP contribution in [0.15, 0.2) is 53.7 Å². The lowest BCUT2D eigenvalue weighted by molar-refractivity contribution is 0.181. The van der Waals surface area contributed by atoms with Crippen LogP contribution in [0.25, 0.3) is 0 Å². The second-order valence-electron chi connectivity index (χ2n) is 5.60. The summed E-state index contributed by atoms with van der Waals surface area (Å²) in [7, 11) is -3.54. The number of nitrogens with two attached hydrogens (primary N) is 1. The summed E-state index contributed by atoms with van der Waals surface area (Å²) in [4.78, 5) is 6.21. The Hall–Kier alpha value is -1.96. The average Bonchev–Trinajstić information content (AvgIpc) is 2.57. The van der Waals surface area contributed by atoms with Crippen LogP contribution in [0.3, 0.4) is 0 Å². The highest BCUT2D eigenvalue weighted by molar-refractivity contribution is 7.89.